The SMILES string of the molecule is CCCCC(C)NCC1COCCO1. The van der Waals surface area contributed by atoms with Crippen LogP contribution in [0.3, 0.4) is 0 Å². The van der Waals surface area contributed by atoms with E-state index >= 15 is 0 Å². The number of ether oxygens (including phenoxy) is 2. The fourth-order valence-corrected chi connectivity index (χ4v) is 1.60. The fraction of sp³-hybridized carbons (Fsp3) is 1.00. The first kappa shape index (κ1) is 12.0. The van der Waals surface area contributed by atoms with Gasteiger partial charge in [0.15, 0.2) is 0 Å². The van der Waals surface area contributed by atoms with Crippen molar-refractivity contribution < 1.29 is 9.47 Å². The Morgan fingerprint density at radius 3 is 2.93 bits per heavy atom. The summed E-state index contributed by atoms with van der Waals surface area (Å²) in [5.74, 6) is 0. The van der Waals surface area contributed by atoms with Crippen LogP contribution in [-0.2, 0) is 9.47 Å². The van der Waals surface area contributed by atoms with Gasteiger partial charge in [-0.3, -0.25) is 0 Å². The Balaban J connectivity index is 2.00. The van der Waals surface area contributed by atoms with Crippen LogP contribution < -0.4 is 5.32 Å². The summed E-state index contributed by atoms with van der Waals surface area (Å²) in [6.45, 7) is 7.63. The number of rotatable bonds is 6. The molecule has 1 heterocycles. The molecule has 0 bridgehead atoms. The number of hydrogen-bond donors (Lipinski definition) is 1. The lowest BCUT2D eigenvalue weighted by molar-refractivity contribution is -0.0870. The van der Waals surface area contributed by atoms with Gasteiger partial charge in [0.2, 0.25) is 0 Å². The lowest BCUT2D eigenvalue weighted by Crippen LogP contribution is -2.40. The van der Waals surface area contributed by atoms with Gasteiger partial charge in [-0.05, 0) is 13.3 Å². The predicted octanol–water partition coefficient (Wildman–Crippen LogP) is 1.57. The van der Waals surface area contributed by atoms with Crippen LogP contribution in [-0.4, -0.2) is 38.5 Å². The average molecular weight is 201 g/mol. The lowest BCUT2D eigenvalue weighted by atomic mass is 10.1. The summed E-state index contributed by atoms with van der Waals surface area (Å²) in [6, 6.07) is 0.598. The van der Waals surface area contributed by atoms with Gasteiger partial charge in [0.1, 0.15) is 0 Å². The van der Waals surface area contributed by atoms with Gasteiger partial charge in [-0.1, -0.05) is 19.8 Å². The van der Waals surface area contributed by atoms with E-state index in [-0.39, 0.29) is 6.10 Å². The molecule has 0 spiro atoms. The third kappa shape index (κ3) is 4.94. The maximum Gasteiger partial charge on any atom is 0.0933 e. The van der Waals surface area contributed by atoms with Gasteiger partial charge in [0, 0.05) is 12.6 Å². The van der Waals surface area contributed by atoms with E-state index in [1.807, 2.05) is 0 Å². The topological polar surface area (TPSA) is 30.5 Å². The molecule has 84 valence electrons. The van der Waals surface area contributed by atoms with Gasteiger partial charge in [-0.2, -0.15) is 0 Å². The smallest absolute Gasteiger partial charge is 0.0933 e. The fourth-order valence-electron chi connectivity index (χ4n) is 1.60. The molecule has 1 aliphatic heterocycles. The van der Waals surface area contributed by atoms with Gasteiger partial charge >= 0.3 is 0 Å². The Labute approximate surface area is 87.2 Å². The van der Waals surface area contributed by atoms with Crippen molar-refractivity contribution >= 4 is 0 Å². The molecule has 0 amide bonds. The molecule has 0 aromatic carbocycles. The van der Waals surface area contributed by atoms with Crippen LogP contribution in [0.4, 0.5) is 0 Å². The second-order valence-electron chi connectivity index (χ2n) is 4.02. The molecule has 0 aliphatic carbocycles. The summed E-state index contributed by atoms with van der Waals surface area (Å²) in [7, 11) is 0. The highest BCUT2D eigenvalue weighted by molar-refractivity contribution is 4.68. The van der Waals surface area contributed by atoms with Gasteiger partial charge < -0.3 is 14.8 Å². The molecule has 1 N–H and O–H groups in total. The molecule has 3 heteroatoms. The Hall–Kier alpha value is -0.120. The summed E-state index contributed by atoms with van der Waals surface area (Å²) >= 11 is 0. The van der Waals surface area contributed by atoms with Crippen molar-refractivity contribution in [3.05, 3.63) is 0 Å². The molecule has 3 nitrogen and oxygen atoms in total. The molecule has 14 heavy (non-hydrogen) atoms. The second-order valence-corrected chi connectivity index (χ2v) is 4.02. The third-order valence-electron chi connectivity index (χ3n) is 2.57. The molecule has 2 atom stereocenters. The molecular weight excluding hydrogens is 178 g/mol. The van der Waals surface area contributed by atoms with E-state index in [2.05, 4.69) is 19.2 Å². The summed E-state index contributed by atoms with van der Waals surface area (Å²) in [5.41, 5.74) is 0. The monoisotopic (exact) mass is 201 g/mol. The minimum absolute atomic E-state index is 0.257. The molecule has 0 radical (unpaired) electrons. The zero-order valence-corrected chi connectivity index (χ0v) is 9.42. The van der Waals surface area contributed by atoms with E-state index in [4.69, 9.17) is 9.47 Å². The van der Waals surface area contributed by atoms with Gasteiger partial charge in [-0.25, -0.2) is 0 Å². The molecule has 1 fully saturated rings. The van der Waals surface area contributed by atoms with Crippen LogP contribution in [0.2, 0.25) is 0 Å². The van der Waals surface area contributed by atoms with Crippen LogP contribution in [0, 0.1) is 0 Å². The molecule has 1 saturated heterocycles. The molecule has 0 saturated carbocycles. The van der Waals surface area contributed by atoms with Gasteiger partial charge in [0.05, 0.1) is 25.9 Å². The molecule has 1 aliphatic rings. The maximum absolute atomic E-state index is 5.55. The first-order valence-corrected chi connectivity index (χ1v) is 5.75. The highest BCUT2D eigenvalue weighted by atomic mass is 16.6. The minimum atomic E-state index is 0.257. The maximum atomic E-state index is 5.55. The lowest BCUT2D eigenvalue weighted by Gasteiger charge is -2.24. The van der Waals surface area contributed by atoms with Crippen LogP contribution in [0.25, 0.3) is 0 Å². The van der Waals surface area contributed by atoms with Crippen molar-refractivity contribution in [1.29, 1.82) is 0 Å². The Kier molecular flexibility index (Phi) is 6.15. The van der Waals surface area contributed by atoms with E-state index in [0.717, 1.165) is 26.4 Å². The van der Waals surface area contributed by atoms with Crippen molar-refractivity contribution in [3.63, 3.8) is 0 Å². The van der Waals surface area contributed by atoms with Gasteiger partial charge in [0.25, 0.3) is 0 Å². The summed E-state index contributed by atoms with van der Waals surface area (Å²) in [6.07, 6.45) is 4.09. The first-order chi connectivity index (χ1) is 6.83. The molecule has 1 rings (SSSR count). The number of nitrogens with one attached hydrogen (secondary N) is 1. The Morgan fingerprint density at radius 2 is 2.29 bits per heavy atom. The Morgan fingerprint density at radius 1 is 1.43 bits per heavy atom. The quantitative estimate of drug-likeness (QED) is 0.707. The molecular formula is C11H23NO2. The van der Waals surface area contributed by atoms with E-state index in [0.29, 0.717) is 6.04 Å². The average Bonchev–Trinajstić information content (AvgIpc) is 2.25. The zero-order chi connectivity index (χ0) is 10.2. The second kappa shape index (κ2) is 7.21. The molecule has 0 aromatic heterocycles. The van der Waals surface area contributed by atoms with Crippen LogP contribution in [0.1, 0.15) is 33.1 Å². The highest BCUT2D eigenvalue weighted by Gasteiger charge is 2.14. The van der Waals surface area contributed by atoms with Crippen LogP contribution in [0.15, 0.2) is 0 Å². The van der Waals surface area contributed by atoms with E-state index in [1.54, 1.807) is 0 Å². The Bertz CT molecular complexity index is 135. The molecule has 2 unspecified atom stereocenters. The van der Waals surface area contributed by atoms with Crippen molar-refractivity contribution in [3.8, 4) is 0 Å². The largest absolute Gasteiger partial charge is 0.376 e. The normalized spacial score (nSPS) is 24.9. The van der Waals surface area contributed by atoms with Crippen molar-refractivity contribution in [2.45, 2.75) is 45.3 Å². The minimum Gasteiger partial charge on any atom is -0.376 e. The van der Waals surface area contributed by atoms with Crippen molar-refractivity contribution in [2.75, 3.05) is 26.4 Å². The van der Waals surface area contributed by atoms with Gasteiger partial charge in [-0.15, -0.1) is 0 Å². The summed E-state index contributed by atoms with van der Waals surface area (Å²) in [5, 5.41) is 3.48. The van der Waals surface area contributed by atoms with Crippen molar-refractivity contribution in [2.24, 2.45) is 0 Å². The van der Waals surface area contributed by atoms with E-state index in [1.165, 1.54) is 19.3 Å². The van der Waals surface area contributed by atoms with Crippen LogP contribution in [0.5, 0.6) is 0 Å². The number of hydrogen-bond acceptors (Lipinski definition) is 3. The van der Waals surface area contributed by atoms with Crippen molar-refractivity contribution in [1.82, 2.24) is 5.32 Å². The number of unbranched alkanes of at least 4 members (excludes halogenated alkanes) is 1. The van der Waals surface area contributed by atoms with E-state index < -0.39 is 0 Å². The van der Waals surface area contributed by atoms with E-state index in [9.17, 15) is 0 Å². The predicted molar refractivity (Wildman–Crippen MR) is 57.5 cm³/mol. The summed E-state index contributed by atoms with van der Waals surface area (Å²) < 4.78 is 10.9. The third-order valence-corrected chi connectivity index (χ3v) is 2.57. The standard InChI is InChI=1S/C11H23NO2/c1-3-4-5-10(2)12-8-11-9-13-6-7-14-11/h10-12H,3-9H2,1-2H3. The van der Waals surface area contributed by atoms with Crippen LogP contribution >= 0.6 is 0 Å². The summed E-state index contributed by atoms with van der Waals surface area (Å²) in [4.78, 5) is 0. The highest BCUT2D eigenvalue weighted by Crippen LogP contribution is 2.02. The zero-order valence-electron chi connectivity index (χ0n) is 9.42. The molecule has 0 aromatic rings. The first-order valence-electron chi connectivity index (χ1n) is 5.75.